The lowest BCUT2D eigenvalue weighted by atomic mass is 9.67. The SMILES string of the molecule is CCOC(=O)c1ccc(N2N=C(C)C3(Cc4ccccc4N4CCN(c5ncccn5)CC43)C2=O)cc1. The summed E-state index contributed by atoms with van der Waals surface area (Å²) in [5.41, 5.74) is 3.33. The number of nitrogens with zero attached hydrogens (tertiary/aromatic N) is 6. The minimum atomic E-state index is -0.832. The summed E-state index contributed by atoms with van der Waals surface area (Å²) in [7, 11) is 0. The molecule has 1 spiro atoms. The van der Waals surface area contributed by atoms with E-state index in [0.29, 0.717) is 36.8 Å². The Bertz CT molecular complexity index is 1380. The lowest BCUT2D eigenvalue weighted by molar-refractivity contribution is -0.125. The molecule has 2 aromatic carbocycles. The highest BCUT2D eigenvalue weighted by Crippen LogP contribution is 2.48. The van der Waals surface area contributed by atoms with E-state index in [1.165, 1.54) is 10.7 Å². The molecule has 0 bridgehead atoms. The van der Waals surface area contributed by atoms with Gasteiger partial charge < -0.3 is 14.5 Å². The molecule has 9 heteroatoms. The van der Waals surface area contributed by atoms with Crippen LogP contribution in [0.3, 0.4) is 0 Å². The van der Waals surface area contributed by atoms with Crippen LogP contribution >= 0.6 is 0 Å². The Morgan fingerprint density at radius 3 is 2.57 bits per heavy atom. The molecular weight excluding hydrogens is 468 g/mol. The van der Waals surface area contributed by atoms with Gasteiger partial charge in [-0.15, -0.1) is 0 Å². The normalized spacial score (nSPS) is 22.5. The molecule has 2 unspecified atom stereocenters. The predicted octanol–water partition coefficient (Wildman–Crippen LogP) is 3.31. The van der Waals surface area contributed by atoms with Crippen molar-refractivity contribution in [2.45, 2.75) is 26.3 Å². The van der Waals surface area contributed by atoms with Crippen LogP contribution in [0.2, 0.25) is 0 Å². The lowest BCUT2D eigenvalue weighted by Crippen LogP contribution is -2.67. The predicted molar refractivity (Wildman–Crippen MR) is 141 cm³/mol. The fourth-order valence-electron chi connectivity index (χ4n) is 5.83. The Morgan fingerprint density at radius 2 is 1.81 bits per heavy atom. The Kier molecular flexibility index (Phi) is 5.62. The summed E-state index contributed by atoms with van der Waals surface area (Å²) in [6.07, 6.45) is 4.06. The third-order valence-corrected chi connectivity index (χ3v) is 7.65. The Labute approximate surface area is 215 Å². The molecule has 6 rings (SSSR count). The Balaban J connectivity index is 1.38. The summed E-state index contributed by atoms with van der Waals surface area (Å²) >= 11 is 0. The fourth-order valence-corrected chi connectivity index (χ4v) is 5.83. The second-order valence-electron chi connectivity index (χ2n) is 9.55. The van der Waals surface area contributed by atoms with Gasteiger partial charge in [-0.05, 0) is 62.2 Å². The van der Waals surface area contributed by atoms with Gasteiger partial charge in [0.05, 0.1) is 29.6 Å². The fraction of sp³-hybridized carbons (Fsp3) is 0.321. The van der Waals surface area contributed by atoms with Crippen molar-refractivity contribution in [1.82, 2.24) is 9.97 Å². The number of amides is 1. The molecule has 188 valence electrons. The first-order valence-electron chi connectivity index (χ1n) is 12.6. The van der Waals surface area contributed by atoms with E-state index in [1.807, 2.05) is 13.0 Å². The number of aromatic nitrogens is 2. The highest BCUT2D eigenvalue weighted by atomic mass is 16.5. The average molecular weight is 497 g/mol. The topological polar surface area (TPSA) is 91.2 Å². The number of hydrazone groups is 1. The molecule has 1 fully saturated rings. The van der Waals surface area contributed by atoms with Gasteiger partial charge >= 0.3 is 5.97 Å². The van der Waals surface area contributed by atoms with Crippen molar-refractivity contribution in [2.75, 3.05) is 41.0 Å². The molecule has 1 amide bonds. The number of esters is 1. The smallest absolute Gasteiger partial charge is 0.338 e. The van der Waals surface area contributed by atoms with Crippen LogP contribution in [0.1, 0.15) is 29.8 Å². The molecule has 0 aliphatic carbocycles. The van der Waals surface area contributed by atoms with E-state index in [1.54, 1.807) is 49.6 Å². The van der Waals surface area contributed by atoms with Crippen LogP contribution in [0, 0.1) is 5.41 Å². The van der Waals surface area contributed by atoms with Crippen molar-refractivity contribution in [3.05, 3.63) is 78.1 Å². The second kappa shape index (κ2) is 8.99. The summed E-state index contributed by atoms with van der Waals surface area (Å²) < 4.78 is 5.09. The monoisotopic (exact) mass is 496 g/mol. The van der Waals surface area contributed by atoms with Crippen molar-refractivity contribution in [3.8, 4) is 0 Å². The van der Waals surface area contributed by atoms with Crippen LogP contribution in [0.15, 0.2) is 72.1 Å². The van der Waals surface area contributed by atoms with Gasteiger partial charge in [-0.25, -0.2) is 14.8 Å². The zero-order valence-electron chi connectivity index (χ0n) is 20.9. The average Bonchev–Trinajstić information content (AvgIpc) is 3.19. The van der Waals surface area contributed by atoms with Crippen LogP contribution in [0.25, 0.3) is 0 Å². The van der Waals surface area contributed by atoms with Crippen molar-refractivity contribution in [2.24, 2.45) is 10.5 Å². The van der Waals surface area contributed by atoms with E-state index in [9.17, 15) is 9.59 Å². The maximum Gasteiger partial charge on any atom is 0.338 e. The first-order valence-corrected chi connectivity index (χ1v) is 12.6. The first kappa shape index (κ1) is 23.1. The standard InChI is InChI=1S/C28H28N6O3/c1-3-37-25(35)20-9-11-22(12-10-20)34-26(36)28(19(2)31-34)17-21-7-4-5-8-23(21)33-16-15-32(18-24(28)33)27-29-13-6-14-30-27/h4-14,24H,3,15-18H2,1-2H3. The van der Waals surface area contributed by atoms with E-state index in [0.717, 1.165) is 24.4 Å². The number of hydrogen-bond donors (Lipinski definition) is 0. The van der Waals surface area contributed by atoms with E-state index < -0.39 is 5.41 Å². The molecule has 3 aromatic rings. The molecule has 0 N–H and O–H groups in total. The third kappa shape index (κ3) is 3.64. The number of carbonyl (C=O) groups excluding carboxylic acids is 2. The summed E-state index contributed by atoms with van der Waals surface area (Å²) in [5, 5.41) is 6.29. The minimum absolute atomic E-state index is 0.0609. The summed E-state index contributed by atoms with van der Waals surface area (Å²) in [6, 6.07) is 16.8. The molecule has 0 saturated carbocycles. The van der Waals surface area contributed by atoms with Crippen molar-refractivity contribution >= 4 is 34.9 Å². The second-order valence-corrected chi connectivity index (χ2v) is 9.55. The number of benzene rings is 2. The van der Waals surface area contributed by atoms with Gasteiger partial charge in [0.1, 0.15) is 5.41 Å². The molecular formula is C28H28N6O3. The minimum Gasteiger partial charge on any atom is -0.462 e. The van der Waals surface area contributed by atoms with Gasteiger partial charge in [-0.1, -0.05) is 18.2 Å². The zero-order valence-corrected chi connectivity index (χ0v) is 20.9. The van der Waals surface area contributed by atoms with Crippen molar-refractivity contribution in [1.29, 1.82) is 0 Å². The molecule has 1 saturated heterocycles. The van der Waals surface area contributed by atoms with Crippen molar-refractivity contribution in [3.63, 3.8) is 0 Å². The third-order valence-electron chi connectivity index (χ3n) is 7.65. The number of carbonyl (C=O) groups is 2. The molecule has 37 heavy (non-hydrogen) atoms. The largest absolute Gasteiger partial charge is 0.462 e. The molecule has 2 atom stereocenters. The van der Waals surface area contributed by atoms with Gasteiger partial charge in [-0.3, -0.25) is 4.79 Å². The number of rotatable bonds is 4. The molecule has 4 heterocycles. The summed E-state index contributed by atoms with van der Waals surface area (Å²) in [5.74, 6) is 0.222. The van der Waals surface area contributed by atoms with Crippen LogP contribution in [0.5, 0.6) is 0 Å². The van der Waals surface area contributed by atoms with Crippen LogP contribution in [-0.2, 0) is 16.0 Å². The number of ether oxygens (including phenoxy) is 1. The molecule has 3 aliphatic heterocycles. The quantitative estimate of drug-likeness (QED) is 0.512. The molecule has 9 nitrogen and oxygen atoms in total. The highest BCUT2D eigenvalue weighted by molar-refractivity contribution is 6.20. The van der Waals surface area contributed by atoms with E-state index in [-0.39, 0.29) is 17.9 Å². The number of piperazine rings is 1. The van der Waals surface area contributed by atoms with Gasteiger partial charge in [0.25, 0.3) is 5.91 Å². The highest BCUT2D eigenvalue weighted by Gasteiger charge is 2.60. The van der Waals surface area contributed by atoms with Crippen LogP contribution < -0.4 is 14.8 Å². The molecule has 3 aliphatic rings. The van der Waals surface area contributed by atoms with Gasteiger partial charge in [0, 0.05) is 37.7 Å². The van der Waals surface area contributed by atoms with Crippen molar-refractivity contribution < 1.29 is 14.3 Å². The van der Waals surface area contributed by atoms with E-state index in [4.69, 9.17) is 9.84 Å². The summed E-state index contributed by atoms with van der Waals surface area (Å²) in [6.45, 7) is 6.14. The number of hydrogen-bond acceptors (Lipinski definition) is 8. The maximum absolute atomic E-state index is 14.4. The van der Waals surface area contributed by atoms with E-state index in [2.05, 4.69) is 38.0 Å². The maximum atomic E-state index is 14.4. The zero-order chi connectivity index (χ0) is 25.6. The van der Waals surface area contributed by atoms with Gasteiger partial charge in [0.2, 0.25) is 5.95 Å². The molecule has 0 radical (unpaired) electrons. The summed E-state index contributed by atoms with van der Waals surface area (Å²) in [4.78, 5) is 39.9. The van der Waals surface area contributed by atoms with Crippen LogP contribution in [-0.4, -0.2) is 59.8 Å². The number of para-hydroxylation sites is 1. The number of fused-ring (bicyclic) bond motifs is 4. The van der Waals surface area contributed by atoms with Crippen LogP contribution in [0.4, 0.5) is 17.3 Å². The lowest BCUT2D eigenvalue weighted by Gasteiger charge is -2.53. The first-order chi connectivity index (χ1) is 18.0. The Hall–Kier alpha value is -4.27. The van der Waals surface area contributed by atoms with E-state index >= 15 is 0 Å². The number of anilines is 3. The Morgan fingerprint density at radius 1 is 1.05 bits per heavy atom. The van der Waals surface area contributed by atoms with Gasteiger partial charge in [-0.2, -0.15) is 10.1 Å². The molecule has 1 aromatic heterocycles. The van der Waals surface area contributed by atoms with Gasteiger partial charge in [0.15, 0.2) is 0 Å².